The largest absolute Gasteiger partial charge is 0.465 e. The van der Waals surface area contributed by atoms with Gasteiger partial charge in [-0.25, -0.2) is 9.18 Å². The predicted molar refractivity (Wildman–Crippen MR) is 109 cm³/mol. The van der Waals surface area contributed by atoms with Crippen molar-refractivity contribution in [2.75, 3.05) is 13.7 Å². The molecule has 0 bridgehead atoms. The molecule has 1 N–H and O–H groups in total. The number of carbonyl (C=O) groups is 2. The number of likely N-dealkylation sites (tertiary alicyclic amines) is 1. The zero-order chi connectivity index (χ0) is 20.8. The van der Waals surface area contributed by atoms with Gasteiger partial charge in [0.15, 0.2) is 0 Å². The van der Waals surface area contributed by atoms with E-state index >= 15 is 0 Å². The molecular weight excluding hydrogens is 371 g/mol. The summed E-state index contributed by atoms with van der Waals surface area (Å²) in [6, 6.07) is 13.8. The van der Waals surface area contributed by atoms with Crippen LogP contribution in [0, 0.1) is 5.82 Å². The number of ether oxygens (including phenoxy) is 1. The van der Waals surface area contributed by atoms with Gasteiger partial charge in [0, 0.05) is 19.0 Å². The molecule has 0 aliphatic carbocycles. The van der Waals surface area contributed by atoms with Crippen LogP contribution in [0.5, 0.6) is 0 Å². The Labute approximate surface area is 170 Å². The number of carbonyl (C=O) groups excluding carboxylic acids is 2. The lowest BCUT2D eigenvalue weighted by Gasteiger charge is -2.31. The Morgan fingerprint density at radius 2 is 1.90 bits per heavy atom. The topological polar surface area (TPSA) is 58.6 Å². The van der Waals surface area contributed by atoms with Gasteiger partial charge in [0.1, 0.15) is 5.82 Å². The van der Waals surface area contributed by atoms with Crippen molar-refractivity contribution in [1.82, 2.24) is 10.2 Å². The highest BCUT2D eigenvalue weighted by Crippen LogP contribution is 2.31. The van der Waals surface area contributed by atoms with Gasteiger partial charge in [-0.15, -0.1) is 0 Å². The lowest BCUT2D eigenvalue weighted by molar-refractivity contribution is -0.131. The van der Waals surface area contributed by atoms with Crippen LogP contribution in [0.2, 0.25) is 0 Å². The van der Waals surface area contributed by atoms with Gasteiger partial charge >= 0.3 is 5.97 Å². The summed E-state index contributed by atoms with van der Waals surface area (Å²) in [5, 5.41) is 3.41. The maximum atomic E-state index is 13.2. The van der Waals surface area contributed by atoms with Gasteiger partial charge in [0.05, 0.1) is 18.7 Å². The second-order valence-electron chi connectivity index (χ2n) is 7.37. The summed E-state index contributed by atoms with van der Waals surface area (Å²) in [6.45, 7) is 3.47. The first-order valence-corrected chi connectivity index (χ1v) is 9.94. The molecule has 2 atom stereocenters. The van der Waals surface area contributed by atoms with Crippen molar-refractivity contribution in [3.05, 3.63) is 71.0 Å². The van der Waals surface area contributed by atoms with Crippen LogP contribution in [-0.4, -0.2) is 36.5 Å². The summed E-state index contributed by atoms with van der Waals surface area (Å²) in [5.41, 5.74) is 2.56. The summed E-state index contributed by atoms with van der Waals surface area (Å²) in [6.07, 6.45) is 2.27. The number of hydrogen-bond donors (Lipinski definition) is 1. The van der Waals surface area contributed by atoms with Gasteiger partial charge < -0.3 is 15.0 Å². The van der Waals surface area contributed by atoms with E-state index < -0.39 is 0 Å². The van der Waals surface area contributed by atoms with E-state index in [9.17, 15) is 14.0 Å². The number of hydrogen-bond acceptors (Lipinski definition) is 4. The molecule has 1 fully saturated rings. The zero-order valence-electron chi connectivity index (χ0n) is 16.9. The molecule has 0 spiro atoms. The SMILES string of the molecule is COC(=O)c1ccc(CNCC[C@@H]2CCC(=O)N2[C@@H](C)c2ccc(F)cc2)cc1. The zero-order valence-corrected chi connectivity index (χ0v) is 16.9. The van der Waals surface area contributed by atoms with Crippen LogP contribution in [-0.2, 0) is 16.1 Å². The highest BCUT2D eigenvalue weighted by molar-refractivity contribution is 5.89. The molecule has 154 valence electrons. The molecule has 0 radical (unpaired) electrons. The number of amides is 1. The second kappa shape index (κ2) is 9.65. The number of esters is 1. The van der Waals surface area contributed by atoms with Crippen molar-refractivity contribution in [2.45, 2.75) is 44.8 Å². The molecule has 0 aromatic heterocycles. The Kier molecular flexibility index (Phi) is 6.99. The number of halogens is 1. The molecule has 1 saturated heterocycles. The maximum Gasteiger partial charge on any atom is 0.337 e. The minimum atomic E-state index is -0.342. The number of nitrogens with zero attached hydrogens (tertiary/aromatic N) is 1. The molecule has 29 heavy (non-hydrogen) atoms. The molecule has 0 saturated carbocycles. The van der Waals surface area contributed by atoms with E-state index in [4.69, 9.17) is 4.74 Å². The average molecular weight is 398 g/mol. The van der Waals surface area contributed by atoms with Crippen molar-refractivity contribution in [3.63, 3.8) is 0 Å². The normalized spacial score (nSPS) is 17.4. The molecule has 6 heteroatoms. The molecular formula is C23H27FN2O3. The van der Waals surface area contributed by atoms with E-state index in [0.717, 1.165) is 30.5 Å². The molecule has 1 aliphatic rings. The van der Waals surface area contributed by atoms with Crippen molar-refractivity contribution in [1.29, 1.82) is 0 Å². The fourth-order valence-corrected chi connectivity index (χ4v) is 3.86. The van der Waals surface area contributed by atoms with Crippen molar-refractivity contribution < 1.29 is 18.7 Å². The summed E-state index contributed by atoms with van der Waals surface area (Å²) < 4.78 is 17.9. The van der Waals surface area contributed by atoms with E-state index in [1.54, 1.807) is 24.3 Å². The Morgan fingerprint density at radius 1 is 1.21 bits per heavy atom. The Morgan fingerprint density at radius 3 is 2.55 bits per heavy atom. The van der Waals surface area contributed by atoms with Crippen LogP contribution in [0.3, 0.4) is 0 Å². The summed E-state index contributed by atoms with van der Waals surface area (Å²) in [7, 11) is 1.37. The van der Waals surface area contributed by atoms with Crippen LogP contribution in [0.25, 0.3) is 0 Å². The summed E-state index contributed by atoms with van der Waals surface area (Å²) in [5.74, 6) is -0.454. The van der Waals surface area contributed by atoms with Crippen LogP contribution >= 0.6 is 0 Å². The van der Waals surface area contributed by atoms with Crippen molar-refractivity contribution >= 4 is 11.9 Å². The van der Waals surface area contributed by atoms with Gasteiger partial charge in [-0.1, -0.05) is 24.3 Å². The lowest BCUT2D eigenvalue weighted by atomic mass is 10.0. The summed E-state index contributed by atoms with van der Waals surface area (Å²) >= 11 is 0. The molecule has 2 aromatic carbocycles. The van der Waals surface area contributed by atoms with E-state index in [-0.39, 0.29) is 29.8 Å². The molecule has 1 aliphatic heterocycles. The predicted octanol–water partition coefficient (Wildman–Crippen LogP) is 3.84. The average Bonchev–Trinajstić information content (AvgIpc) is 3.11. The van der Waals surface area contributed by atoms with Gasteiger partial charge in [-0.2, -0.15) is 0 Å². The van der Waals surface area contributed by atoms with Crippen LogP contribution in [0.1, 0.15) is 53.7 Å². The van der Waals surface area contributed by atoms with Crippen molar-refractivity contribution in [3.8, 4) is 0 Å². The standard InChI is InChI=1S/C23H27FN2O3/c1-16(18-7-9-20(24)10-8-18)26-21(11-12-22(26)27)13-14-25-15-17-3-5-19(6-4-17)23(28)29-2/h3-10,16,21,25H,11-15H2,1-2H3/t16-,21-/m0/s1. The molecule has 1 heterocycles. The van der Waals surface area contributed by atoms with Crippen molar-refractivity contribution in [2.24, 2.45) is 0 Å². The monoisotopic (exact) mass is 398 g/mol. The Bertz CT molecular complexity index is 836. The third-order valence-electron chi connectivity index (χ3n) is 5.50. The third kappa shape index (κ3) is 5.21. The maximum absolute atomic E-state index is 13.2. The first-order chi connectivity index (χ1) is 14.0. The Balaban J connectivity index is 1.51. The van der Waals surface area contributed by atoms with Gasteiger partial charge in [0.2, 0.25) is 5.91 Å². The fraction of sp³-hybridized carbons (Fsp3) is 0.391. The quantitative estimate of drug-likeness (QED) is 0.542. The fourth-order valence-electron chi connectivity index (χ4n) is 3.86. The second-order valence-corrected chi connectivity index (χ2v) is 7.37. The third-order valence-corrected chi connectivity index (χ3v) is 5.50. The molecule has 2 aromatic rings. The number of nitrogens with one attached hydrogen (secondary N) is 1. The van der Waals surface area contributed by atoms with Crippen LogP contribution < -0.4 is 5.32 Å². The van der Waals surface area contributed by atoms with Crippen LogP contribution in [0.4, 0.5) is 4.39 Å². The number of rotatable bonds is 8. The Hall–Kier alpha value is -2.73. The highest BCUT2D eigenvalue weighted by atomic mass is 19.1. The van der Waals surface area contributed by atoms with Gasteiger partial charge in [0.25, 0.3) is 0 Å². The van der Waals surface area contributed by atoms with Gasteiger partial charge in [-0.3, -0.25) is 4.79 Å². The van der Waals surface area contributed by atoms with Gasteiger partial charge in [-0.05, 0) is 61.7 Å². The first kappa shape index (κ1) is 21.0. The smallest absolute Gasteiger partial charge is 0.337 e. The minimum Gasteiger partial charge on any atom is -0.465 e. The van der Waals surface area contributed by atoms with E-state index in [1.807, 2.05) is 24.0 Å². The van der Waals surface area contributed by atoms with E-state index in [1.165, 1.54) is 19.2 Å². The molecule has 3 rings (SSSR count). The highest BCUT2D eigenvalue weighted by Gasteiger charge is 2.34. The first-order valence-electron chi connectivity index (χ1n) is 9.94. The molecule has 0 unspecified atom stereocenters. The van der Waals surface area contributed by atoms with E-state index in [0.29, 0.717) is 18.5 Å². The molecule has 1 amide bonds. The lowest BCUT2D eigenvalue weighted by Crippen LogP contribution is -2.37. The van der Waals surface area contributed by atoms with E-state index in [2.05, 4.69) is 5.32 Å². The number of methoxy groups -OCH3 is 1. The van der Waals surface area contributed by atoms with Crippen LogP contribution in [0.15, 0.2) is 48.5 Å². The number of benzene rings is 2. The molecule has 5 nitrogen and oxygen atoms in total. The minimum absolute atomic E-state index is 0.0681. The summed E-state index contributed by atoms with van der Waals surface area (Å²) in [4.78, 5) is 25.8.